The molecule has 0 fully saturated rings. The molecule has 29 heavy (non-hydrogen) atoms. The van der Waals surface area contributed by atoms with Gasteiger partial charge in [0.2, 0.25) is 5.91 Å². The highest BCUT2D eigenvalue weighted by atomic mass is 16.5. The van der Waals surface area contributed by atoms with Gasteiger partial charge in [-0.2, -0.15) is 0 Å². The van der Waals surface area contributed by atoms with E-state index in [1.807, 2.05) is 42.5 Å². The van der Waals surface area contributed by atoms with Crippen LogP contribution in [0, 0.1) is 6.92 Å². The van der Waals surface area contributed by atoms with Gasteiger partial charge in [-0.3, -0.25) is 9.78 Å². The van der Waals surface area contributed by atoms with Gasteiger partial charge >= 0.3 is 0 Å². The number of benzene rings is 2. The first kappa shape index (κ1) is 18.4. The molecule has 0 atom stereocenters. The molecule has 1 N–H and O–H groups in total. The smallest absolute Gasteiger partial charge is 0.248 e. The Morgan fingerprint density at radius 2 is 2.00 bits per heavy atom. The van der Waals surface area contributed by atoms with Gasteiger partial charge in [-0.05, 0) is 54.1 Å². The summed E-state index contributed by atoms with van der Waals surface area (Å²) in [5.41, 5.74) is 3.84. The number of nitrogens with one attached hydrogen (secondary N) is 1. The fourth-order valence-corrected chi connectivity index (χ4v) is 2.79. The maximum atomic E-state index is 12.2. The van der Waals surface area contributed by atoms with Crippen LogP contribution < -0.4 is 10.1 Å². The maximum Gasteiger partial charge on any atom is 0.248 e. The van der Waals surface area contributed by atoms with E-state index in [0.717, 1.165) is 17.0 Å². The SMILES string of the molecule is Cc1nc2cc(NC(=O)/C=C/c3ccc(OCc4ccccn4)cc3)ccc2o1. The van der Waals surface area contributed by atoms with E-state index in [2.05, 4.69) is 15.3 Å². The lowest BCUT2D eigenvalue weighted by Crippen LogP contribution is -2.07. The average Bonchev–Trinajstić information content (AvgIpc) is 3.11. The van der Waals surface area contributed by atoms with Gasteiger partial charge in [-0.1, -0.05) is 18.2 Å². The number of ether oxygens (including phenoxy) is 1. The van der Waals surface area contributed by atoms with Gasteiger partial charge in [-0.25, -0.2) is 4.98 Å². The van der Waals surface area contributed by atoms with Crippen molar-refractivity contribution in [2.75, 3.05) is 5.32 Å². The second-order valence-electron chi connectivity index (χ2n) is 6.42. The number of anilines is 1. The van der Waals surface area contributed by atoms with Crippen LogP contribution in [-0.4, -0.2) is 15.9 Å². The maximum absolute atomic E-state index is 12.2. The summed E-state index contributed by atoms with van der Waals surface area (Å²) in [5.74, 6) is 1.12. The van der Waals surface area contributed by atoms with Gasteiger partial charge in [0.15, 0.2) is 11.5 Å². The van der Waals surface area contributed by atoms with Crippen LogP contribution >= 0.6 is 0 Å². The van der Waals surface area contributed by atoms with Crippen LogP contribution in [0.2, 0.25) is 0 Å². The van der Waals surface area contributed by atoms with Crippen molar-refractivity contribution in [3.05, 3.63) is 90.1 Å². The molecule has 0 bridgehead atoms. The lowest BCUT2D eigenvalue weighted by molar-refractivity contribution is -0.111. The highest BCUT2D eigenvalue weighted by Crippen LogP contribution is 2.20. The number of oxazole rings is 1. The highest BCUT2D eigenvalue weighted by Gasteiger charge is 2.05. The first-order chi connectivity index (χ1) is 14.2. The largest absolute Gasteiger partial charge is 0.487 e. The molecule has 0 aliphatic heterocycles. The zero-order valence-corrected chi connectivity index (χ0v) is 15.8. The summed E-state index contributed by atoms with van der Waals surface area (Å²) >= 11 is 0. The molecule has 144 valence electrons. The normalized spacial score (nSPS) is 11.1. The quantitative estimate of drug-likeness (QED) is 0.484. The summed E-state index contributed by atoms with van der Waals surface area (Å²) in [7, 11) is 0. The minimum atomic E-state index is -0.222. The Morgan fingerprint density at radius 3 is 2.79 bits per heavy atom. The first-order valence-electron chi connectivity index (χ1n) is 9.15. The summed E-state index contributed by atoms with van der Waals surface area (Å²) in [6.07, 6.45) is 4.97. The molecule has 4 aromatic rings. The number of hydrogen-bond donors (Lipinski definition) is 1. The molecule has 0 spiro atoms. The third-order valence-electron chi connectivity index (χ3n) is 4.18. The molecule has 2 aromatic heterocycles. The predicted molar refractivity (Wildman–Crippen MR) is 111 cm³/mol. The van der Waals surface area contributed by atoms with Gasteiger partial charge in [0.05, 0.1) is 5.69 Å². The van der Waals surface area contributed by atoms with E-state index >= 15 is 0 Å². The molecule has 6 heteroatoms. The Hall–Kier alpha value is -3.93. The summed E-state index contributed by atoms with van der Waals surface area (Å²) in [5, 5.41) is 2.82. The summed E-state index contributed by atoms with van der Waals surface area (Å²) < 4.78 is 11.1. The van der Waals surface area contributed by atoms with Crippen LogP contribution in [-0.2, 0) is 11.4 Å². The third kappa shape index (κ3) is 4.87. The van der Waals surface area contributed by atoms with E-state index in [-0.39, 0.29) is 5.91 Å². The minimum absolute atomic E-state index is 0.222. The van der Waals surface area contributed by atoms with Crippen molar-refractivity contribution in [1.29, 1.82) is 0 Å². The second kappa shape index (κ2) is 8.39. The van der Waals surface area contributed by atoms with Crippen molar-refractivity contribution in [1.82, 2.24) is 9.97 Å². The van der Waals surface area contributed by atoms with Gasteiger partial charge in [0.1, 0.15) is 17.9 Å². The topological polar surface area (TPSA) is 77.2 Å². The monoisotopic (exact) mass is 385 g/mol. The zero-order valence-electron chi connectivity index (χ0n) is 15.8. The third-order valence-corrected chi connectivity index (χ3v) is 4.18. The molecule has 0 radical (unpaired) electrons. The predicted octanol–water partition coefficient (Wildman–Crippen LogP) is 4.76. The Bertz CT molecular complexity index is 1150. The molecular formula is C23H19N3O3. The molecule has 0 saturated carbocycles. The number of amides is 1. The van der Waals surface area contributed by atoms with E-state index in [0.29, 0.717) is 29.3 Å². The molecule has 2 heterocycles. The minimum Gasteiger partial charge on any atom is -0.487 e. The Balaban J connectivity index is 1.33. The van der Waals surface area contributed by atoms with Crippen molar-refractivity contribution in [3.63, 3.8) is 0 Å². The van der Waals surface area contributed by atoms with Crippen LogP contribution in [0.4, 0.5) is 5.69 Å². The van der Waals surface area contributed by atoms with Gasteiger partial charge in [0.25, 0.3) is 0 Å². The van der Waals surface area contributed by atoms with Gasteiger partial charge in [-0.15, -0.1) is 0 Å². The number of rotatable bonds is 6. The molecule has 6 nitrogen and oxygen atoms in total. The molecule has 0 aliphatic carbocycles. The van der Waals surface area contributed by atoms with Crippen molar-refractivity contribution in [2.24, 2.45) is 0 Å². The molecule has 1 amide bonds. The summed E-state index contributed by atoms with van der Waals surface area (Å²) in [6, 6.07) is 18.6. The van der Waals surface area contributed by atoms with Crippen LogP contribution in [0.5, 0.6) is 5.75 Å². The van der Waals surface area contributed by atoms with Crippen molar-refractivity contribution >= 4 is 28.8 Å². The van der Waals surface area contributed by atoms with Crippen LogP contribution in [0.1, 0.15) is 17.1 Å². The second-order valence-corrected chi connectivity index (χ2v) is 6.42. The average molecular weight is 385 g/mol. The van der Waals surface area contributed by atoms with Gasteiger partial charge < -0.3 is 14.5 Å². The van der Waals surface area contributed by atoms with E-state index in [1.54, 1.807) is 37.4 Å². The zero-order chi connectivity index (χ0) is 20.1. The Labute approximate surface area is 167 Å². The number of aryl methyl sites for hydroxylation is 1. The highest BCUT2D eigenvalue weighted by molar-refractivity contribution is 6.02. The lowest BCUT2D eigenvalue weighted by Gasteiger charge is -2.05. The number of fused-ring (bicyclic) bond motifs is 1. The van der Waals surface area contributed by atoms with E-state index in [4.69, 9.17) is 9.15 Å². The first-order valence-corrected chi connectivity index (χ1v) is 9.15. The summed E-state index contributed by atoms with van der Waals surface area (Å²) in [4.78, 5) is 20.7. The Morgan fingerprint density at radius 1 is 1.14 bits per heavy atom. The molecule has 0 aliphatic rings. The summed E-state index contributed by atoms with van der Waals surface area (Å²) in [6.45, 7) is 2.20. The number of carbonyl (C=O) groups is 1. The number of aromatic nitrogens is 2. The number of hydrogen-bond acceptors (Lipinski definition) is 5. The molecule has 0 unspecified atom stereocenters. The molecular weight excluding hydrogens is 366 g/mol. The van der Waals surface area contributed by atoms with Crippen molar-refractivity contribution in [2.45, 2.75) is 13.5 Å². The number of nitrogens with zero attached hydrogens (tertiary/aromatic N) is 2. The lowest BCUT2D eigenvalue weighted by atomic mass is 10.2. The molecule has 0 saturated heterocycles. The molecule has 4 rings (SSSR count). The van der Waals surface area contributed by atoms with Crippen molar-refractivity contribution < 1.29 is 13.9 Å². The van der Waals surface area contributed by atoms with E-state index in [9.17, 15) is 4.79 Å². The van der Waals surface area contributed by atoms with Crippen LogP contribution in [0.25, 0.3) is 17.2 Å². The van der Waals surface area contributed by atoms with Crippen molar-refractivity contribution in [3.8, 4) is 5.75 Å². The van der Waals surface area contributed by atoms with E-state index < -0.39 is 0 Å². The fourth-order valence-electron chi connectivity index (χ4n) is 2.79. The van der Waals surface area contributed by atoms with Gasteiger partial charge in [0, 0.05) is 24.9 Å². The standard InChI is InChI=1S/C23H19N3O3/c1-16-25-21-14-18(8-11-22(21)29-16)26-23(27)12-7-17-5-9-20(10-6-17)28-15-19-4-2-3-13-24-19/h2-14H,15H2,1H3,(H,26,27)/b12-7+. The Kier molecular flexibility index (Phi) is 5.33. The van der Waals surface area contributed by atoms with Crippen LogP contribution in [0.15, 0.2) is 77.4 Å². The van der Waals surface area contributed by atoms with E-state index in [1.165, 1.54) is 6.08 Å². The number of pyridine rings is 1. The number of carbonyl (C=O) groups excluding carboxylic acids is 1. The molecule has 2 aromatic carbocycles. The van der Waals surface area contributed by atoms with Crippen LogP contribution in [0.3, 0.4) is 0 Å². The fraction of sp³-hybridized carbons (Fsp3) is 0.0870.